The SMILES string of the molecule is O=C(NCCC(I)=CC(F)(F)C(F)(F)C(F)(F)C(F)(F)C(F)(F)F)c1ccccc1. The van der Waals surface area contributed by atoms with E-state index in [0.29, 0.717) is 0 Å². The highest BCUT2D eigenvalue weighted by molar-refractivity contribution is 14.1. The topological polar surface area (TPSA) is 29.1 Å². The van der Waals surface area contributed by atoms with E-state index in [0.717, 1.165) is 22.6 Å². The van der Waals surface area contributed by atoms with Crippen LogP contribution in [0.3, 0.4) is 0 Å². The minimum Gasteiger partial charge on any atom is -0.352 e. The van der Waals surface area contributed by atoms with E-state index in [1.807, 2.05) is 0 Å². The summed E-state index contributed by atoms with van der Waals surface area (Å²) in [5.41, 5.74) is 0.155. The Morgan fingerprint density at radius 3 is 1.80 bits per heavy atom. The number of hydrogen-bond acceptors (Lipinski definition) is 1. The van der Waals surface area contributed by atoms with Gasteiger partial charge in [0.15, 0.2) is 0 Å². The fourth-order valence-electron chi connectivity index (χ4n) is 1.93. The summed E-state index contributed by atoms with van der Waals surface area (Å²) >= 11 is 0.975. The molecule has 0 heterocycles. The largest absolute Gasteiger partial charge is 0.460 e. The molecule has 0 saturated heterocycles. The summed E-state index contributed by atoms with van der Waals surface area (Å²) in [6.45, 7) is -0.445. The van der Waals surface area contributed by atoms with Gasteiger partial charge in [0.1, 0.15) is 0 Å². The second-order valence-corrected chi connectivity index (χ2v) is 7.19. The maximum Gasteiger partial charge on any atom is 0.460 e. The second-order valence-electron chi connectivity index (χ2n) is 5.81. The van der Waals surface area contributed by atoms with Crippen molar-refractivity contribution in [2.45, 2.75) is 36.3 Å². The normalized spacial score (nSPS) is 14.6. The molecule has 30 heavy (non-hydrogen) atoms. The molecule has 0 bridgehead atoms. The van der Waals surface area contributed by atoms with Crippen LogP contribution in [0.15, 0.2) is 40.0 Å². The summed E-state index contributed by atoms with van der Waals surface area (Å²) in [6.07, 6.45) is -8.66. The Morgan fingerprint density at radius 2 is 1.33 bits per heavy atom. The number of hydrogen-bond donors (Lipinski definition) is 1. The van der Waals surface area contributed by atoms with Crippen LogP contribution >= 0.6 is 22.6 Å². The van der Waals surface area contributed by atoms with Crippen LogP contribution in [0.1, 0.15) is 16.8 Å². The van der Waals surface area contributed by atoms with Crippen molar-refractivity contribution in [3.63, 3.8) is 0 Å². The molecule has 0 fully saturated rings. The van der Waals surface area contributed by atoms with Crippen LogP contribution in [-0.2, 0) is 0 Å². The summed E-state index contributed by atoms with van der Waals surface area (Å²) in [5.74, 6) is -28.7. The van der Waals surface area contributed by atoms with E-state index in [1.54, 1.807) is 6.07 Å². The molecule has 1 amide bonds. The molecule has 0 unspecified atom stereocenters. The third kappa shape index (κ3) is 5.17. The quantitative estimate of drug-likeness (QED) is 0.292. The Labute approximate surface area is 175 Å². The minimum atomic E-state index is -7.45. The van der Waals surface area contributed by atoms with Gasteiger partial charge in [-0.2, -0.15) is 48.3 Å². The summed E-state index contributed by atoms with van der Waals surface area (Å²) in [4.78, 5) is 11.7. The maximum atomic E-state index is 13.6. The number of carbonyl (C=O) groups is 1. The molecule has 0 radical (unpaired) electrons. The Bertz CT molecular complexity index is 775. The number of rotatable bonds is 8. The van der Waals surface area contributed by atoms with Gasteiger partial charge in [-0.25, -0.2) is 0 Å². The van der Waals surface area contributed by atoms with E-state index in [-0.39, 0.29) is 5.56 Å². The van der Waals surface area contributed by atoms with Crippen molar-refractivity contribution in [2.75, 3.05) is 6.54 Å². The highest BCUT2D eigenvalue weighted by Crippen LogP contribution is 2.57. The Morgan fingerprint density at radius 1 is 0.833 bits per heavy atom. The Balaban J connectivity index is 2.95. The predicted octanol–water partition coefficient (Wildman–Crippen LogP) is 6.23. The van der Waals surface area contributed by atoms with Gasteiger partial charge in [-0.15, -0.1) is 0 Å². The maximum absolute atomic E-state index is 13.6. The summed E-state index contributed by atoms with van der Waals surface area (Å²) in [7, 11) is 0. The van der Waals surface area contributed by atoms with Gasteiger partial charge >= 0.3 is 29.9 Å². The zero-order valence-electron chi connectivity index (χ0n) is 14.3. The monoisotopic (exact) mass is 569 g/mol. The molecular formula is C16H11F11INO. The molecule has 14 heteroatoms. The molecule has 0 atom stereocenters. The average Bonchev–Trinajstić information content (AvgIpc) is 2.60. The molecule has 1 N–H and O–H groups in total. The van der Waals surface area contributed by atoms with Gasteiger partial charge in [0.25, 0.3) is 5.91 Å². The lowest BCUT2D eigenvalue weighted by Gasteiger charge is -2.36. The van der Waals surface area contributed by atoms with Crippen LogP contribution in [0.5, 0.6) is 0 Å². The van der Waals surface area contributed by atoms with E-state index in [9.17, 15) is 53.1 Å². The van der Waals surface area contributed by atoms with Crippen LogP contribution in [-0.4, -0.2) is 42.3 Å². The van der Waals surface area contributed by atoms with Crippen molar-refractivity contribution >= 4 is 28.5 Å². The first-order valence-corrected chi connectivity index (χ1v) is 8.75. The summed E-state index contributed by atoms with van der Waals surface area (Å²) in [5, 5.41) is 2.19. The van der Waals surface area contributed by atoms with E-state index >= 15 is 0 Å². The first-order chi connectivity index (χ1) is 13.4. The van der Waals surface area contributed by atoms with Crippen LogP contribution in [0.2, 0.25) is 0 Å². The Kier molecular flexibility index (Phi) is 7.81. The summed E-state index contributed by atoms with van der Waals surface area (Å²) in [6, 6.07) is 7.35. The van der Waals surface area contributed by atoms with Crippen molar-refractivity contribution in [1.29, 1.82) is 0 Å². The van der Waals surface area contributed by atoms with Crippen LogP contribution in [0, 0.1) is 0 Å². The van der Waals surface area contributed by atoms with E-state index in [1.165, 1.54) is 24.3 Å². The zero-order chi connectivity index (χ0) is 23.6. The highest BCUT2D eigenvalue weighted by atomic mass is 127. The van der Waals surface area contributed by atoms with Crippen molar-refractivity contribution in [3.8, 4) is 0 Å². The Hall–Kier alpha value is -1.61. The number of carbonyl (C=O) groups excluding carboxylic acids is 1. The van der Waals surface area contributed by atoms with Crippen LogP contribution in [0.4, 0.5) is 48.3 Å². The van der Waals surface area contributed by atoms with Crippen molar-refractivity contribution in [3.05, 3.63) is 45.6 Å². The number of nitrogens with one attached hydrogen (secondary N) is 1. The smallest absolute Gasteiger partial charge is 0.352 e. The molecule has 170 valence electrons. The number of benzene rings is 1. The van der Waals surface area contributed by atoms with Gasteiger partial charge in [0.05, 0.1) is 0 Å². The molecule has 0 aliphatic rings. The zero-order valence-corrected chi connectivity index (χ0v) is 16.5. The fourth-order valence-corrected chi connectivity index (χ4v) is 2.59. The lowest BCUT2D eigenvalue weighted by Crippen LogP contribution is -2.66. The van der Waals surface area contributed by atoms with Gasteiger partial charge < -0.3 is 5.32 Å². The molecule has 1 aromatic carbocycles. The van der Waals surface area contributed by atoms with Crippen molar-refractivity contribution in [1.82, 2.24) is 5.32 Å². The standard InChI is InChI=1S/C16H11F11INO/c17-12(18,13(19,20)14(21,22)15(23,24)16(25,26)27)8-10(28)6-7-29-11(30)9-4-2-1-3-5-9/h1-5,8H,6-7H2,(H,29,30). The first-order valence-electron chi connectivity index (χ1n) is 7.67. The van der Waals surface area contributed by atoms with Crippen molar-refractivity contribution < 1.29 is 53.1 Å². The third-order valence-electron chi connectivity index (χ3n) is 3.59. The number of allylic oxidation sites excluding steroid dienone is 1. The van der Waals surface area contributed by atoms with E-state index < -0.39 is 58.4 Å². The van der Waals surface area contributed by atoms with Gasteiger partial charge in [0.2, 0.25) is 0 Å². The lowest BCUT2D eigenvalue weighted by atomic mass is 9.97. The van der Waals surface area contributed by atoms with Crippen molar-refractivity contribution in [2.24, 2.45) is 0 Å². The van der Waals surface area contributed by atoms with Gasteiger partial charge in [0, 0.05) is 18.2 Å². The number of halogens is 12. The molecular weight excluding hydrogens is 558 g/mol. The van der Waals surface area contributed by atoms with E-state index in [4.69, 9.17) is 0 Å². The minimum absolute atomic E-state index is 0.155. The molecule has 0 aliphatic heterocycles. The molecule has 0 saturated carbocycles. The second kappa shape index (κ2) is 8.86. The predicted molar refractivity (Wildman–Crippen MR) is 91.3 cm³/mol. The average molecular weight is 569 g/mol. The molecule has 0 aliphatic carbocycles. The number of amides is 1. The highest BCUT2D eigenvalue weighted by Gasteiger charge is 2.86. The molecule has 0 aromatic heterocycles. The first kappa shape index (κ1) is 26.4. The van der Waals surface area contributed by atoms with Crippen LogP contribution < -0.4 is 5.32 Å². The van der Waals surface area contributed by atoms with Gasteiger partial charge in [-0.05, 0) is 44.7 Å². The molecule has 0 spiro atoms. The summed E-state index contributed by atoms with van der Waals surface area (Å²) < 4.78 is 141. The van der Waals surface area contributed by atoms with Gasteiger partial charge in [-0.3, -0.25) is 4.79 Å². The van der Waals surface area contributed by atoms with E-state index in [2.05, 4.69) is 5.32 Å². The molecule has 2 nitrogen and oxygen atoms in total. The third-order valence-corrected chi connectivity index (χ3v) is 4.44. The van der Waals surface area contributed by atoms with Gasteiger partial charge in [-0.1, -0.05) is 18.2 Å². The number of alkyl halides is 11. The van der Waals surface area contributed by atoms with Crippen LogP contribution in [0.25, 0.3) is 0 Å². The lowest BCUT2D eigenvalue weighted by molar-refractivity contribution is -0.416. The molecule has 1 rings (SSSR count). The fraction of sp³-hybridized carbons (Fsp3) is 0.438. The molecule has 1 aromatic rings.